The van der Waals surface area contributed by atoms with Crippen LogP contribution in [0.25, 0.3) is 11.0 Å². The molecule has 1 aliphatic rings. The summed E-state index contributed by atoms with van der Waals surface area (Å²) in [6, 6.07) is 1.72. The first-order chi connectivity index (χ1) is 9.76. The lowest BCUT2D eigenvalue weighted by Gasteiger charge is -2.07. The van der Waals surface area contributed by atoms with E-state index in [4.69, 9.17) is 9.47 Å². The minimum atomic E-state index is -0.361. The third kappa shape index (κ3) is 2.78. The molecule has 1 fully saturated rings. The van der Waals surface area contributed by atoms with Gasteiger partial charge in [0.2, 0.25) is 0 Å². The summed E-state index contributed by atoms with van der Waals surface area (Å²) >= 11 is 1.46. The third-order valence-electron chi connectivity index (χ3n) is 3.22. The average molecular weight is 293 g/mol. The molecule has 0 aromatic carbocycles. The van der Waals surface area contributed by atoms with Crippen molar-refractivity contribution in [3.63, 3.8) is 0 Å². The van der Waals surface area contributed by atoms with E-state index in [0.717, 1.165) is 18.4 Å². The van der Waals surface area contributed by atoms with Crippen molar-refractivity contribution in [3.8, 4) is 0 Å². The molecule has 3 rings (SSSR count). The fraction of sp³-hybridized carbons (Fsp3) is 0.462. The Bertz CT molecular complexity index is 622. The van der Waals surface area contributed by atoms with Crippen LogP contribution in [0.4, 0.5) is 0 Å². The van der Waals surface area contributed by atoms with Crippen molar-refractivity contribution >= 4 is 28.8 Å². The van der Waals surface area contributed by atoms with Crippen LogP contribution in [0.1, 0.15) is 16.9 Å². The fourth-order valence-electron chi connectivity index (χ4n) is 2.09. The number of nitrogens with zero attached hydrogens (tertiary/aromatic N) is 2. The van der Waals surface area contributed by atoms with Crippen molar-refractivity contribution in [1.29, 1.82) is 0 Å². The molecule has 7 heteroatoms. The highest BCUT2D eigenvalue weighted by Gasteiger charge is 2.19. The molecule has 2 aromatic rings. The van der Waals surface area contributed by atoms with E-state index >= 15 is 0 Å². The predicted molar refractivity (Wildman–Crippen MR) is 74.9 cm³/mol. The lowest BCUT2D eigenvalue weighted by molar-refractivity contribution is 0.0422. The zero-order valence-electron chi connectivity index (χ0n) is 11.1. The van der Waals surface area contributed by atoms with E-state index in [9.17, 15) is 4.79 Å². The SMILES string of the molecule is CSc1ncc2cc(C(=O)OC[C@@H]3CCOC3)[nH]c2n1. The van der Waals surface area contributed by atoms with Gasteiger partial charge in [-0.1, -0.05) is 11.8 Å². The molecule has 3 heterocycles. The van der Waals surface area contributed by atoms with E-state index in [-0.39, 0.29) is 5.97 Å². The van der Waals surface area contributed by atoms with Gasteiger partial charge < -0.3 is 14.5 Å². The lowest BCUT2D eigenvalue weighted by Crippen LogP contribution is -2.14. The normalized spacial score (nSPS) is 18.6. The fourth-order valence-corrected chi connectivity index (χ4v) is 2.43. The average Bonchev–Trinajstić information content (AvgIpc) is 3.12. The van der Waals surface area contributed by atoms with Crippen molar-refractivity contribution in [2.75, 3.05) is 26.1 Å². The zero-order valence-corrected chi connectivity index (χ0v) is 11.9. The van der Waals surface area contributed by atoms with Crippen LogP contribution >= 0.6 is 11.8 Å². The van der Waals surface area contributed by atoms with E-state index in [2.05, 4.69) is 15.0 Å². The van der Waals surface area contributed by atoms with Gasteiger partial charge in [0.1, 0.15) is 11.3 Å². The zero-order chi connectivity index (χ0) is 13.9. The van der Waals surface area contributed by atoms with E-state index in [1.54, 1.807) is 12.3 Å². The molecule has 0 radical (unpaired) electrons. The molecule has 6 nitrogen and oxygen atoms in total. The Hall–Kier alpha value is -1.60. The molecule has 1 saturated heterocycles. The topological polar surface area (TPSA) is 77.1 Å². The van der Waals surface area contributed by atoms with Gasteiger partial charge in [-0.25, -0.2) is 14.8 Å². The second kappa shape index (κ2) is 5.80. The van der Waals surface area contributed by atoms with Crippen LogP contribution in [0.3, 0.4) is 0 Å². The Morgan fingerprint density at radius 2 is 2.55 bits per heavy atom. The number of nitrogens with one attached hydrogen (secondary N) is 1. The van der Waals surface area contributed by atoms with E-state index in [0.29, 0.717) is 35.6 Å². The second-order valence-electron chi connectivity index (χ2n) is 4.67. The molecule has 1 N–H and O–H groups in total. The molecule has 1 aliphatic heterocycles. The molecular weight excluding hydrogens is 278 g/mol. The molecule has 0 aliphatic carbocycles. The van der Waals surface area contributed by atoms with Crippen LogP contribution in [0, 0.1) is 5.92 Å². The summed E-state index contributed by atoms with van der Waals surface area (Å²) in [6.07, 6.45) is 4.55. The number of rotatable bonds is 4. The van der Waals surface area contributed by atoms with Crippen molar-refractivity contribution < 1.29 is 14.3 Å². The van der Waals surface area contributed by atoms with Gasteiger partial charge in [0, 0.05) is 24.1 Å². The van der Waals surface area contributed by atoms with Crippen LogP contribution in [-0.4, -0.2) is 47.0 Å². The molecular formula is C13H15N3O3S. The number of ether oxygens (including phenoxy) is 2. The number of esters is 1. The van der Waals surface area contributed by atoms with Crippen LogP contribution in [0.15, 0.2) is 17.4 Å². The molecule has 106 valence electrons. The number of hydrogen-bond donors (Lipinski definition) is 1. The van der Waals surface area contributed by atoms with Crippen LogP contribution in [0.2, 0.25) is 0 Å². The van der Waals surface area contributed by atoms with Gasteiger partial charge in [-0.05, 0) is 18.7 Å². The molecule has 0 spiro atoms. The quantitative estimate of drug-likeness (QED) is 0.527. The predicted octanol–water partition coefficient (Wildman–Crippen LogP) is 1.87. The highest BCUT2D eigenvalue weighted by molar-refractivity contribution is 7.98. The highest BCUT2D eigenvalue weighted by Crippen LogP contribution is 2.18. The molecule has 20 heavy (non-hydrogen) atoms. The smallest absolute Gasteiger partial charge is 0.354 e. The van der Waals surface area contributed by atoms with Crippen molar-refractivity contribution in [2.45, 2.75) is 11.6 Å². The number of carbonyl (C=O) groups is 1. The Morgan fingerprint density at radius 3 is 3.30 bits per heavy atom. The number of H-pyrrole nitrogens is 1. The molecule has 0 amide bonds. The van der Waals surface area contributed by atoms with Crippen LogP contribution < -0.4 is 0 Å². The minimum absolute atomic E-state index is 0.311. The van der Waals surface area contributed by atoms with E-state index in [1.165, 1.54) is 11.8 Å². The number of aromatic nitrogens is 3. The maximum atomic E-state index is 12.0. The molecule has 1 atom stereocenters. The Balaban J connectivity index is 1.70. The van der Waals surface area contributed by atoms with Gasteiger partial charge in [0.25, 0.3) is 0 Å². The molecule has 2 aromatic heterocycles. The molecule has 0 saturated carbocycles. The number of hydrogen-bond acceptors (Lipinski definition) is 6. The maximum absolute atomic E-state index is 12.0. The van der Waals surface area contributed by atoms with Gasteiger partial charge in [0.15, 0.2) is 5.16 Å². The van der Waals surface area contributed by atoms with Gasteiger partial charge >= 0.3 is 5.97 Å². The second-order valence-corrected chi connectivity index (χ2v) is 5.45. The van der Waals surface area contributed by atoms with Gasteiger partial charge in [-0.2, -0.15) is 0 Å². The summed E-state index contributed by atoms with van der Waals surface area (Å²) in [4.78, 5) is 23.4. The monoisotopic (exact) mass is 293 g/mol. The summed E-state index contributed by atoms with van der Waals surface area (Å²) in [5.74, 6) is -0.0492. The summed E-state index contributed by atoms with van der Waals surface area (Å²) in [5.41, 5.74) is 1.06. The number of carbonyl (C=O) groups excluding carboxylic acids is 1. The standard InChI is InChI=1S/C13H15N3O3S/c1-20-13-14-5-9-4-10(15-11(9)16-13)12(17)19-7-8-2-3-18-6-8/h4-5,8H,2-3,6-7H2,1H3,(H,14,15,16)/t8-/m1/s1. The maximum Gasteiger partial charge on any atom is 0.354 e. The van der Waals surface area contributed by atoms with Gasteiger partial charge in [-0.15, -0.1) is 0 Å². The number of thioether (sulfide) groups is 1. The van der Waals surface area contributed by atoms with E-state index < -0.39 is 0 Å². The highest BCUT2D eigenvalue weighted by atomic mass is 32.2. The van der Waals surface area contributed by atoms with Crippen molar-refractivity contribution in [1.82, 2.24) is 15.0 Å². The Morgan fingerprint density at radius 1 is 1.65 bits per heavy atom. The van der Waals surface area contributed by atoms with Gasteiger partial charge in [0.05, 0.1) is 13.2 Å². The van der Waals surface area contributed by atoms with Crippen molar-refractivity contribution in [2.24, 2.45) is 5.92 Å². The first-order valence-electron chi connectivity index (χ1n) is 6.41. The van der Waals surface area contributed by atoms with Gasteiger partial charge in [-0.3, -0.25) is 0 Å². The number of aromatic amines is 1. The Kier molecular flexibility index (Phi) is 3.88. The largest absolute Gasteiger partial charge is 0.461 e. The Labute approximate surface area is 120 Å². The molecule has 0 bridgehead atoms. The summed E-state index contributed by atoms with van der Waals surface area (Å²) in [6.45, 7) is 1.82. The first kappa shape index (κ1) is 13.4. The third-order valence-corrected chi connectivity index (χ3v) is 3.79. The summed E-state index contributed by atoms with van der Waals surface area (Å²) in [7, 11) is 0. The first-order valence-corrected chi connectivity index (χ1v) is 7.63. The van der Waals surface area contributed by atoms with Crippen LogP contribution in [-0.2, 0) is 9.47 Å². The minimum Gasteiger partial charge on any atom is -0.461 e. The van der Waals surface area contributed by atoms with E-state index in [1.807, 2.05) is 6.26 Å². The summed E-state index contributed by atoms with van der Waals surface area (Å²) in [5, 5.41) is 1.47. The summed E-state index contributed by atoms with van der Waals surface area (Å²) < 4.78 is 10.5. The number of fused-ring (bicyclic) bond motifs is 1. The van der Waals surface area contributed by atoms with Crippen LogP contribution in [0.5, 0.6) is 0 Å². The van der Waals surface area contributed by atoms with Crippen molar-refractivity contribution in [3.05, 3.63) is 18.0 Å². The molecule has 0 unspecified atom stereocenters. The lowest BCUT2D eigenvalue weighted by atomic mass is 10.1.